The van der Waals surface area contributed by atoms with E-state index in [9.17, 15) is 0 Å². The lowest BCUT2D eigenvalue weighted by atomic mass is 10.3. The second-order valence-electron chi connectivity index (χ2n) is 4.80. The van der Waals surface area contributed by atoms with Gasteiger partial charge >= 0.3 is 0 Å². The van der Waals surface area contributed by atoms with Crippen molar-refractivity contribution in [1.82, 2.24) is 14.9 Å². The van der Waals surface area contributed by atoms with Gasteiger partial charge in [0.25, 0.3) is 0 Å². The fourth-order valence-electron chi connectivity index (χ4n) is 1.50. The first-order valence-corrected chi connectivity index (χ1v) is 6.25. The maximum Gasteiger partial charge on any atom is 0.147 e. The maximum atomic E-state index is 4.44. The molecule has 4 heteroatoms. The molecule has 0 atom stereocenters. The SMILES string of the molecule is Cc1cnc(C)c(NCCCN(C)C(C)C)n1. The van der Waals surface area contributed by atoms with E-state index in [2.05, 4.69) is 41.1 Å². The van der Waals surface area contributed by atoms with Crippen molar-refractivity contribution >= 4 is 5.82 Å². The van der Waals surface area contributed by atoms with E-state index in [1.165, 1.54) is 0 Å². The predicted octanol–water partition coefficient (Wildman–Crippen LogP) is 2.24. The van der Waals surface area contributed by atoms with Crippen molar-refractivity contribution in [3.8, 4) is 0 Å². The Bertz CT molecular complexity index is 349. The van der Waals surface area contributed by atoms with E-state index in [4.69, 9.17) is 0 Å². The van der Waals surface area contributed by atoms with E-state index in [0.717, 1.165) is 36.7 Å². The van der Waals surface area contributed by atoms with E-state index in [1.807, 2.05) is 13.8 Å². The van der Waals surface area contributed by atoms with Crippen molar-refractivity contribution in [3.63, 3.8) is 0 Å². The van der Waals surface area contributed by atoms with Crippen LogP contribution in [0, 0.1) is 13.8 Å². The second kappa shape index (κ2) is 6.55. The number of anilines is 1. The van der Waals surface area contributed by atoms with Gasteiger partial charge in [-0.1, -0.05) is 0 Å². The van der Waals surface area contributed by atoms with Crippen molar-refractivity contribution < 1.29 is 0 Å². The van der Waals surface area contributed by atoms with Crippen LogP contribution in [0.15, 0.2) is 6.20 Å². The molecule has 96 valence electrons. The van der Waals surface area contributed by atoms with Crippen LogP contribution in [0.25, 0.3) is 0 Å². The molecule has 4 nitrogen and oxygen atoms in total. The quantitative estimate of drug-likeness (QED) is 0.769. The van der Waals surface area contributed by atoms with Crippen LogP contribution in [0.3, 0.4) is 0 Å². The summed E-state index contributed by atoms with van der Waals surface area (Å²) in [6.07, 6.45) is 2.91. The van der Waals surface area contributed by atoms with Crippen molar-refractivity contribution in [1.29, 1.82) is 0 Å². The summed E-state index contributed by atoms with van der Waals surface area (Å²) >= 11 is 0. The molecule has 1 aromatic rings. The summed E-state index contributed by atoms with van der Waals surface area (Å²) < 4.78 is 0. The van der Waals surface area contributed by atoms with Crippen molar-refractivity contribution in [2.24, 2.45) is 0 Å². The molecule has 0 bridgehead atoms. The Hall–Kier alpha value is -1.16. The number of hydrogen-bond donors (Lipinski definition) is 1. The van der Waals surface area contributed by atoms with Crippen LogP contribution in [0.5, 0.6) is 0 Å². The number of hydrogen-bond acceptors (Lipinski definition) is 4. The molecule has 0 unspecified atom stereocenters. The van der Waals surface area contributed by atoms with E-state index in [0.29, 0.717) is 6.04 Å². The van der Waals surface area contributed by atoms with Crippen LogP contribution < -0.4 is 5.32 Å². The van der Waals surface area contributed by atoms with Crippen LogP contribution in [0.4, 0.5) is 5.82 Å². The molecule has 1 N–H and O–H groups in total. The van der Waals surface area contributed by atoms with Gasteiger partial charge in [0, 0.05) is 18.8 Å². The summed E-state index contributed by atoms with van der Waals surface area (Å²) in [5.41, 5.74) is 1.92. The molecule has 0 saturated carbocycles. The molecule has 0 spiro atoms. The van der Waals surface area contributed by atoms with E-state index >= 15 is 0 Å². The lowest BCUT2D eigenvalue weighted by Crippen LogP contribution is -2.28. The first-order valence-electron chi connectivity index (χ1n) is 6.25. The van der Waals surface area contributed by atoms with Gasteiger partial charge in [-0.3, -0.25) is 4.98 Å². The lowest BCUT2D eigenvalue weighted by Gasteiger charge is -2.20. The smallest absolute Gasteiger partial charge is 0.147 e. The van der Waals surface area contributed by atoms with Gasteiger partial charge in [-0.2, -0.15) is 0 Å². The second-order valence-corrected chi connectivity index (χ2v) is 4.80. The van der Waals surface area contributed by atoms with Crippen LogP contribution in [-0.4, -0.2) is 41.0 Å². The fourth-order valence-corrected chi connectivity index (χ4v) is 1.50. The molecule has 0 aliphatic rings. The molecule has 0 amide bonds. The van der Waals surface area contributed by atoms with Crippen molar-refractivity contribution in [2.75, 3.05) is 25.5 Å². The van der Waals surface area contributed by atoms with Gasteiger partial charge in [-0.15, -0.1) is 0 Å². The van der Waals surface area contributed by atoms with Gasteiger partial charge in [-0.05, 0) is 47.7 Å². The first-order chi connectivity index (χ1) is 8.00. The molecular formula is C13H24N4. The minimum atomic E-state index is 0.607. The van der Waals surface area contributed by atoms with Crippen LogP contribution in [0.1, 0.15) is 31.7 Å². The summed E-state index contributed by atoms with van der Waals surface area (Å²) in [5.74, 6) is 0.914. The Morgan fingerprint density at radius 1 is 1.35 bits per heavy atom. The molecule has 1 aromatic heterocycles. The number of nitrogens with zero attached hydrogens (tertiary/aromatic N) is 3. The Morgan fingerprint density at radius 2 is 2.06 bits per heavy atom. The minimum Gasteiger partial charge on any atom is -0.369 e. The van der Waals surface area contributed by atoms with E-state index in [1.54, 1.807) is 6.20 Å². The lowest BCUT2D eigenvalue weighted by molar-refractivity contribution is 0.273. The predicted molar refractivity (Wildman–Crippen MR) is 72.4 cm³/mol. The summed E-state index contributed by atoms with van der Waals surface area (Å²) in [5, 5.41) is 3.35. The van der Waals surface area contributed by atoms with Crippen LogP contribution >= 0.6 is 0 Å². The average Bonchev–Trinajstić information content (AvgIpc) is 2.28. The van der Waals surface area contributed by atoms with E-state index < -0.39 is 0 Å². The Morgan fingerprint density at radius 3 is 2.71 bits per heavy atom. The van der Waals surface area contributed by atoms with Crippen molar-refractivity contribution in [3.05, 3.63) is 17.6 Å². The Labute approximate surface area is 104 Å². The number of nitrogens with one attached hydrogen (secondary N) is 1. The molecule has 17 heavy (non-hydrogen) atoms. The zero-order valence-electron chi connectivity index (χ0n) is 11.6. The normalized spacial score (nSPS) is 11.2. The summed E-state index contributed by atoms with van der Waals surface area (Å²) in [6, 6.07) is 0.607. The molecule has 0 aliphatic carbocycles. The monoisotopic (exact) mass is 236 g/mol. The highest BCUT2D eigenvalue weighted by Crippen LogP contribution is 2.08. The molecule has 1 heterocycles. The van der Waals surface area contributed by atoms with Gasteiger partial charge < -0.3 is 10.2 Å². The van der Waals surface area contributed by atoms with Gasteiger partial charge in [-0.25, -0.2) is 4.98 Å². The summed E-state index contributed by atoms with van der Waals surface area (Å²) in [7, 11) is 2.16. The zero-order chi connectivity index (χ0) is 12.8. The third kappa shape index (κ3) is 4.69. The summed E-state index contributed by atoms with van der Waals surface area (Å²) in [6.45, 7) is 10.4. The first kappa shape index (κ1) is 13.9. The van der Waals surface area contributed by atoms with Gasteiger partial charge in [0.15, 0.2) is 0 Å². The topological polar surface area (TPSA) is 41.1 Å². The minimum absolute atomic E-state index is 0.607. The standard InChI is InChI=1S/C13H24N4/c1-10(2)17(5)8-6-7-14-13-12(4)15-9-11(3)16-13/h9-10H,6-8H2,1-5H3,(H,14,16). The third-order valence-electron chi connectivity index (χ3n) is 2.94. The largest absolute Gasteiger partial charge is 0.369 e. The molecular weight excluding hydrogens is 212 g/mol. The van der Waals surface area contributed by atoms with Gasteiger partial charge in [0.2, 0.25) is 0 Å². The van der Waals surface area contributed by atoms with Crippen molar-refractivity contribution in [2.45, 2.75) is 40.2 Å². The van der Waals surface area contributed by atoms with Crippen LogP contribution in [0.2, 0.25) is 0 Å². The van der Waals surface area contributed by atoms with E-state index in [-0.39, 0.29) is 0 Å². The number of rotatable bonds is 6. The molecule has 0 radical (unpaired) electrons. The highest BCUT2D eigenvalue weighted by molar-refractivity contribution is 5.39. The maximum absolute atomic E-state index is 4.44. The van der Waals surface area contributed by atoms with Gasteiger partial charge in [0.05, 0.1) is 11.4 Å². The van der Waals surface area contributed by atoms with Gasteiger partial charge in [0.1, 0.15) is 5.82 Å². The average molecular weight is 236 g/mol. The summed E-state index contributed by atoms with van der Waals surface area (Å²) in [4.78, 5) is 11.1. The Balaban J connectivity index is 2.33. The number of aryl methyl sites for hydroxylation is 2. The fraction of sp³-hybridized carbons (Fsp3) is 0.692. The van der Waals surface area contributed by atoms with Crippen LogP contribution in [-0.2, 0) is 0 Å². The molecule has 0 saturated heterocycles. The molecule has 0 fully saturated rings. The molecule has 1 rings (SSSR count). The molecule has 0 aromatic carbocycles. The third-order valence-corrected chi connectivity index (χ3v) is 2.94. The highest BCUT2D eigenvalue weighted by atomic mass is 15.1. The number of aromatic nitrogens is 2. The zero-order valence-corrected chi connectivity index (χ0v) is 11.6. The highest BCUT2D eigenvalue weighted by Gasteiger charge is 2.03. The molecule has 0 aliphatic heterocycles. The Kier molecular flexibility index (Phi) is 5.35.